The van der Waals surface area contributed by atoms with Gasteiger partial charge in [0.05, 0.1) is 5.69 Å². The standard InChI is InChI=1S/C10H13F2NO/c1-7(6-14)5-13-10-3-2-8(11)4-9(10)12/h2-4,7,13-14H,5-6H2,1H3. The maximum atomic E-state index is 13.0. The molecule has 0 saturated heterocycles. The van der Waals surface area contributed by atoms with Gasteiger partial charge in [-0.3, -0.25) is 0 Å². The fourth-order valence-corrected chi connectivity index (χ4v) is 0.982. The molecule has 0 radical (unpaired) electrons. The topological polar surface area (TPSA) is 32.3 Å². The van der Waals surface area contributed by atoms with Crippen molar-refractivity contribution in [2.75, 3.05) is 18.5 Å². The lowest BCUT2D eigenvalue weighted by Crippen LogP contribution is -2.15. The number of benzene rings is 1. The fraction of sp³-hybridized carbons (Fsp3) is 0.400. The van der Waals surface area contributed by atoms with Crippen LogP contribution in [0.4, 0.5) is 14.5 Å². The molecule has 0 saturated carbocycles. The Morgan fingerprint density at radius 3 is 2.71 bits per heavy atom. The molecular formula is C10H13F2NO. The highest BCUT2D eigenvalue weighted by Gasteiger charge is 2.04. The molecule has 0 fully saturated rings. The van der Waals surface area contributed by atoms with Gasteiger partial charge in [0.1, 0.15) is 11.6 Å². The van der Waals surface area contributed by atoms with Crippen LogP contribution >= 0.6 is 0 Å². The molecule has 78 valence electrons. The molecule has 0 heterocycles. The number of anilines is 1. The average molecular weight is 201 g/mol. The summed E-state index contributed by atoms with van der Waals surface area (Å²) in [6, 6.07) is 3.36. The van der Waals surface area contributed by atoms with Crippen molar-refractivity contribution in [2.45, 2.75) is 6.92 Å². The molecule has 0 amide bonds. The number of hydrogen-bond acceptors (Lipinski definition) is 2. The van der Waals surface area contributed by atoms with Gasteiger partial charge in [0, 0.05) is 19.2 Å². The first kappa shape index (κ1) is 10.9. The van der Waals surface area contributed by atoms with Crippen LogP contribution in [0.15, 0.2) is 18.2 Å². The third kappa shape index (κ3) is 2.96. The van der Waals surface area contributed by atoms with Crippen LogP contribution in [-0.2, 0) is 0 Å². The molecule has 0 aliphatic heterocycles. The van der Waals surface area contributed by atoms with Gasteiger partial charge in [-0.1, -0.05) is 6.92 Å². The molecule has 1 aromatic carbocycles. The first-order valence-electron chi connectivity index (χ1n) is 4.43. The van der Waals surface area contributed by atoms with E-state index in [-0.39, 0.29) is 18.2 Å². The van der Waals surface area contributed by atoms with Crippen molar-refractivity contribution in [1.29, 1.82) is 0 Å². The zero-order valence-corrected chi connectivity index (χ0v) is 7.93. The summed E-state index contributed by atoms with van der Waals surface area (Å²) >= 11 is 0. The van der Waals surface area contributed by atoms with Gasteiger partial charge in [-0.15, -0.1) is 0 Å². The minimum Gasteiger partial charge on any atom is -0.396 e. The summed E-state index contributed by atoms with van der Waals surface area (Å²) in [5.74, 6) is -1.17. The summed E-state index contributed by atoms with van der Waals surface area (Å²) in [4.78, 5) is 0. The lowest BCUT2D eigenvalue weighted by molar-refractivity contribution is 0.244. The number of aliphatic hydroxyl groups excluding tert-OH is 1. The van der Waals surface area contributed by atoms with E-state index >= 15 is 0 Å². The van der Waals surface area contributed by atoms with Gasteiger partial charge in [-0.25, -0.2) is 8.78 Å². The average Bonchev–Trinajstić information content (AvgIpc) is 2.16. The number of hydrogen-bond donors (Lipinski definition) is 2. The number of halogens is 2. The number of aliphatic hydroxyl groups is 1. The number of nitrogens with one attached hydrogen (secondary N) is 1. The van der Waals surface area contributed by atoms with Crippen LogP contribution in [0.25, 0.3) is 0 Å². The minimum atomic E-state index is -0.616. The van der Waals surface area contributed by atoms with E-state index in [1.807, 2.05) is 6.92 Å². The lowest BCUT2D eigenvalue weighted by atomic mass is 10.2. The summed E-state index contributed by atoms with van der Waals surface area (Å²) in [6.45, 7) is 2.32. The molecule has 0 spiro atoms. The first-order chi connectivity index (χ1) is 6.63. The molecule has 0 aliphatic rings. The Bertz CT molecular complexity index is 304. The van der Waals surface area contributed by atoms with E-state index in [0.717, 1.165) is 6.07 Å². The van der Waals surface area contributed by atoms with E-state index in [0.29, 0.717) is 6.54 Å². The van der Waals surface area contributed by atoms with Crippen molar-refractivity contribution in [3.63, 3.8) is 0 Å². The Kier molecular flexibility index (Phi) is 3.83. The highest BCUT2D eigenvalue weighted by Crippen LogP contribution is 2.15. The summed E-state index contributed by atoms with van der Waals surface area (Å²) in [5, 5.41) is 11.5. The SMILES string of the molecule is CC(CO)CNc1ccc(F)cc1F. The summed E-state index contributed by atoms with van der Waals surface area (Å²) in [6.07, 6.45) is 0. The highest BCUT2D eigenvalue weighted by molar-refractivity contribution is 5.44. The Morgan fingerprint density at radius 1 is 1.43 bits per heavy atom. The summed E-state index contributed by atoms with van der Waals surface area (Å²) in [7, 11) is 0. The van der Waals surface area contributed by atoms with Crippen molar-refractivity contribution >= 4 is 5.69 Å². The lowest BCUT2D eigenvalue weighted by Gasteiger charge is -2.11. The largest absolute Gasteiger partial charge is 0.396 e. The first-order valence-corrected chi connectivity index (χ1v) is 4.43. The van der Waals surface area contributed by atoms with Gasteiger partial charge < -0.3 is 10.4 Å². The van der Waals surface area contributed by atoms with Crippen LogP contribution in [-0.4, -0.2) is 18.3 Å². The molecule has 0 aliphatic carbocycles. The van der Waals surface area contributed by atoms with Crippen LogP contribution in [0.5, 0.6) is 0 Å². The quantitative estimate of drug-likeness (QED) is 0.781. The highest BCUT2D eigenvalue weighted by atomic mass is 19.1. The zero-order chi connectivity index (χ0) is 10.6. The van der Waals surface area contributed by atoms with Gasteiger partial charge in [0.25, 0.3) is 0 Å². The van der Waals surface area contributed by atoms with E-state index in [1.54, 1.807) is 0 Å². The van der Waals surface area contributed by atoms with Gasteiger partial charge in [-0.05, 0) is 18.1 Å². The van der Waals surface area contributed by atoms with E-state index in [1.165, 1.54) is 12.1 Å². The third-order valence-corrected chi connectivity index (χ3v) is 1.88. The second-order valence-corrected chi connectivity index (χ2v) is 3.29. The van der Waals surface area contributed by atoms with Gasteiger partial charge >= 0.3 is 0 Å². The Labute approximate surface area is 81.6 Å². The summed E-state index contributed by atoms with van der Waals surface area (Å²) < 4.78 is 25.5. The Hall–Kier alpha value is -1.16. The van der Waals surface area contributed by atoms with Crippen LogP contribution in [0.1, 0.15) is 6.92 Å². The zero-order valence-electron chi connectivity index (χ0n) is 7.93. The predicted molar refractivity (Wildman–Crippen MR) is 51.1 cm³/mol. The molecular weight excluding hydrogens is 188 g/mol. The van der Waals surface area contributed by atoms with Crippen LogP contribution in [0, 0.1) is 17.6 Å². The molecule has 2 nitrogen and oxygen atoms in total. The van der Waals surface area contributed by atoms with Crippen molar-refractivity contribution in [3.05, 3.63) is 29.8 Å². The van der Waals surface area contributed by atoms with Crippen molar-refractivity contribution < 1.29 is 13.9 Å². The molecule has 0 bridgehead atoms. The Balaban J connectivity index is 2.59. The van der Waals surface area contributed by atoms with Gasteiger partial charge in [0.15, 0.2) is 0 Å². The second kappa shape index (κ2) is 4.91. The van der Waals surface area contributed by atoms with E-state index in [4.69, 9.17) is 5.11 Å². The van der Waals surface area contributed by atoms with Crippen LogP contribution < -0.4 is 5.32 Å². The molecule has 1 aromatic rings. The van der Waals surface area contributed by atoms with Crippen molar-refractivity contribution in [2.24, 2.45) is 5.92 Å². The minimum absolute atomic E-state index is 0.0375. The van der Waals surface area contributed by atoms with Crippen LogP contribution in [0.2, 0.25) is 0 Å². The normalized spacial score (nSPS) is 12.6. The monoisotopic (exact) mass is 201 g/mol. The van der Waals surface area contributed by atoms with E-state index in [2.05, 4.69) is 5.32 Å². The molecule has 0 aromatic heterocycles. The van der Waals surface area contributed by atoms with Crippen LogP contribution in [0.3, 0.4) is 0 Å². The second-order valence-electron chi connectivity index (χ2n) is 3.29. The maximum absolute atomic E-state index is 13.0. The van der Waals surface area contributed by atoms with Gasteiger partial charge in [0.2, 0.25) is 0 Å². The molecule has 1 atom stereocenters. The van der Waals surface area contributed by atoms with E-state index in [9.17, 15) is 8.78 Å². The molecule has 1 unspecified atom stereocenters. The number of rotatable bonds is 4. The molecule has 4 heteroatoms. The third-order valence-electron chi connectivity index (χ3n) is 1.88. The molecule has 14 heavy (non-hydrogen) atoms. The smallest absolute Gasteiger partial charge is 0.149 e. The maximum Gasteiger partial charge on any atom is 0.149 e. The Morgan fingerprint density at radius 2 is 2.14 bits per heavy atom. The predicted octanol–water partition coefficient (Wildman–Crippen LogP) is 2.01. The van der Waals surface area contributed by atoms with Crippen molar-refractivity contribution in [3.8, 4) is 0 Å². The van der Waals surface area contributed by atoms with E-state index < -0.39 is 11.6 Å². The van der Waals surface area contributed by atoms with Gasteiger partial charge in [-0.2, -0.15) is 0 Å². The molecule has 2 N–H and O–H groups in total. The fourth-order valence-electron chi connectivity index (χ4n) is 0.982. The molecule has 1 rings (SSSR count). The summed E-state index contributed by atoms with van der Waals surface area (Å²) in [5.41, 5.74) is 0.256. The van der Waals surface area contributed by atoms with Crippen molar-refractivity contribution in [1.82, 2.24) is 0 Å².